The summed E-state index contributed by atoms with van der Waals surface area (Å²) in [4.78, 5) is 1.42. The van der Waals surface area contributed by atoms with Crippen LogP contribution in [0.3, 0.4) is 0 Å². The van der Waals surface area contributed by atoms with Gasteiger partial charge in [-0.2, -0.15) is 0 Å². The van der Waals surface area contributed by atoms with Gasteiger partial charge >= 0.3 is 0 Å². The van der Waals surface area contributed by atoms with Crippen LogP contribution in [0.25, 0.3) is 0 Å². The summed E-state index contributed by atoms with van der Waals surface area (Å²) in [6, 6.07) is 8.40. The van der Waals surface area contributed by atoms with E-state index in [2.05, 4.69) is 4.72 Å². The second-order valence-corrected chi connectivity index (χ2v) is 7.06. The average Bonchev–Trinajstić information content (AvgIpc) is 2.58. The van der Waals surface area contributed by atoms with Crippen LogP contribution in [0.1, 0.15) is 16.0 Å². The molecule has 2 aromatic rings. The van der Waals surface area contributed by atoms with Gasteiger partial charge < -0.3 is 0 Å². The van der Waals surface area contributed by atoms with Crippen molar-refractivity contribution in [2.45, 2.75) is 25.7 Å². The van der Waals surface area contributed by atoms with Gasteiger partial charge in [0.05, 0.1) is 4.90 Å². The van der Waals surface area contributed by atoms with Crippen molar-refractivity contribution in [2.75, 3.05) is 4.72 Å². The van der Waals surface area contributed by atoms with E-state index >= 15 is 0 Å². The quantitative estimate of drug-likeness (QED) is 0.936. The molecular weight excluding hydrogens is 266 g/mol. The molecule has 0 radical (unpaired) electrons. The van der Waals surface area contributed by atoms with Crippen molar-refractivity contribution in [2.24, 2.45) is 0 Å². The maximum atomic E-state index is 12.2. The number of rotatable bonds is 3. The Morgan fingerprint density at radius 2 is 1.61 bits per heavy atom. The molecule has 1 heterocycles. The summed E-state index contributed by atoms with van der Waals surface area (Å²) < 4.78 is 27.0. The predicted octanol–water partition coefficient (Wildman–Crippen LogP) is 3.47. The van der Waals surface area contributed by atoms with Crippen molar-refractivity contribution in [3.63, 3.8) is 0 Å². The van der Waals surface area contributed by atoms with Crippen molar-refractivity contribution < 1.29 is 8.42 Å². The molecule has 0 fully saturated rings. The molecule has 1 aromatic carbocycles. The predicted molar refractivity (Wildman–Crippen MR) is 75.8 cm³/mol. The molecule has 18 heavy (non-hydrogen) atoms. The molecule has 0 amide bonds. The number of thiophene rings is 1. The Labute approximate surface area is 112 Å². The highest BCUT2D eigenvalue weighted by molar-refractivity contribution is 7.93. The monoisotopic (exact) mass is 281 g/mol. The number of anilines is 1. The molecular formula is C13H15NO2S2. The van der Waals surface area contributed by atoms with E-state index in [9.17, 15) is 8.42 Å². The smallest absolute Gasteiger partial charge is 0.262 e. The summed E-state index contributed by atoms with van der Waals surface area (Å²) in [5.41, 5.74) is 2.14. The normalized spacial score (nSPS) is 11.5. The minimum atomic E-state index is -3.48. The molecule has 0 bridgehead atoms. The molecule has 3 nitrogen and oxygen atoms in total. The number of hydrogen-bond acceptors (Lipinski definition) is 3. The number of hydrogen-bond donors (Lipinski definition) is 1. The topological polar surface area (TPSA) is 46.2 Å². The highest BCUT2D eigenvalue weighted by Gasteiger charge is 2.17. The van der Waals surface area contributed by atoms with Gasteiger partial charge in [-0.05, 0) is 44.0 Å². The molecule has 0 aliphatic heterocycles. The highest BCUT2D eigenvalue weighted by atomic mass is 32.2. The fourth-order valence-electron chi connectivity index (χ4n) is 1.62. The third-order valence-electron chi connectivity index (χ3n) is 2.97. The Bertz CT molecular complexity index is 658. The third kappa shape index (κ3) is 2.42. The van der Waals surface area contributed by atoms with Gasteiger partial charge in [0.15, 0.2) is 0 Å². The van der Waals surface area contributed by atoms with Gasteiger partial charge in [-0.15, -0.1) is 11.3 Å². The summed E-state index contributed by atoms with van der Waals surface area (Å²) in [6.07, 6.45) is 0. The van der Waals surface area contributed by atoms with E-state index in [-0.39, 0.29) is 4.90 Å². The van der Waals surface area contributed by atoms with E-state index in [1.54, 1.807) is 30.3 Å². The fourth-order valence-corrected chi connectivity index (χ4v) is 4.06. The van der Waals surface area contributed by atoms with Crippen LogP contribution in [-0.2, 0) is 10.0 Å². The number of aryl methyl sites for hydroxylation is 1. The third-order valence-corrected chi connectivity index (χ3v) is 5.69. The van der Waals surface area contributed by atoms with E-state index in [1.807, 2.05) is 20.8 Å². The molecule has 0 atom stereocenters. The Morgan fingerprint density at radius 3 is 2.11 bits per heavy atom. The van der Waals surface area contributed by atoms with E-state index in [0.717, 1.165) is 16.0 Å². The Balaban J connectivity index is 2.37. The molecule has 5 heteroatoms. The van der Waals surface area contributed by atoms with Crippen LogP contribution >= 0.6 is 11.3 Å². The van der Waals surface area contributed by atoms with Crippen LogP contribution in [0.2, 0.25) is 0 Å². The summed E-state index contributed by atoms with van der Waals surface area (Å²) in [6.45, 7) is 5.93. The maximum Gasteiger partial charge on any atom is 0.262 e. The molecule has 2 rings (SSSR count). The standard InChI is InChI=1S/C13H15NO2S2/c1-9-10(2)13(17-11(9)3)14-18(15,16)12-7-5-4-6-8-12/h4-8,14H,1-3H3. The summed E-state index contributed by atoms with van der Waals surface area (Å²) >= 11 is 1.47. The molecule has 1 aromatic heterocycles. The van der Waals surface area contributed by atoms with Crippen molar-refractivity contribution in [3.8, 4) is 0 Å². The van der Waals surface area contributed by atoms with Crippen LogP contribution in [0.15, 0.2) is 35.2 Å². The number of nitrogens with one attached hydrogen (secondary N) is 1. The number of benzene rings is 1. The lowest BCUT2D eigenvalue weighted by Gasteiger charge is -2.07. The van der Waals surface area contributed by atoms with Gasteiger partial charge in [0.25, 0.3) is 10.0 Å². The van der Waals surface area contributed by atoms with Crippen LogP contribution < -0.4 is 4.72 Å². The van der Waals surface area contributed by atoms with Crippen molar-refractivity contribution >= 4 is 26.4 Å². The number of sulfonamides is 1. The average molecular weight is 281 g/mol. The van der Waals surface area contributed by atoms with Crippen LogP contribution in [0.4, 0.5) is 5.00 Å². The lowest BCUT2D eigenvalue weighted by Crippen LogP contribution is -2.12. The van der Waals surface area contributed by atoms with Gasteiger partial charge in [-0.25, -0.2) is 8.42 Å². The lowest BCUT2D eigenvalue weighted by molar-refractivity contribution is 0.601. The minimum Gasteiger partial charge on any atom is -0.270 e. The Morgan fingerprint density at radius 1 is 1.00 bits per heavy atom. The molecule has 0 spiro atoms. The summed E-state index contributed by atoms with van der Waals surface area (Å²) in [5.74, 6) is 0. The lowest BCUT2D eigenvalue weighted by atomic mass is 10.2. The van der Waals surface area contributed by atoms with Gasteiger partial charge in [0.1, 0.15) is 5.00 Å². The van der Waals surface area contributed by atoms with E-state index in [0.29, 0.717) is 5.00 Å². The van der Waals surface area contributed by atoms with Gasteiger partial charge in [0.2, 0.25) is 0 Å². The van der Waals surface area contributed by atoms with E-state index in [4.69, 9.17) is 0 Å². The summed E-state index contributed by atoms with van der Waals surface area (Å²) in [7, 11) is -3.48. The second-order valence-electron chi connectivity index (χ2n) is 4.16. The maximum absolute atomic E-state index is 12.2. The molecule has 1 N–H and O–H groups in total. The largest absolute Gasteiger partial charge is 0.270 e. The first kappa shape index (κ1) is 13.1. The first-order valence-corrected chi connectivity index (χ1v) is 7.86. The van der Waals surface area contributed by atoms with E-state index in [1.165, 1.54) is 11.3 Å². The Kier molecular flexibility index (Phi) is 3.45. The first-order chi connectivity index (χ1) is 8.42. The second kappa shape index (κ2) is 4.74. The van der Waals surface area contributed by atoms with Crippen molar-refractivity contribution in [1.82, 2.24) is 0 Å². The van der Waals surface area contributed by atoms with E-state index < -0.39 is 10.0 Å². The first-order valence-electron chi connectivity index (χ1n) is 5.56. The molecule has 0 aliphatic carbocycles. The zero-order valence-corrected chi connectivity index (χ0v) is 12.2. The van der Waals surface area contributed by atoms with Gasteiger partial charge in [0, 0.05) is 4.88 Å². The zero-order chi connectivity index (χ0) is 13.3. The minimum absolute atomic E-state index is 0.285. The SMILES string of the molecule is Cc1sc(NS(=O)(=O)c2ccccc2)c(C)c1C. The highest BCUT2D eigenvalue weighted by Crippen LogP contribution is 2.32. The van der Waals surface area contributed by atoms with Crippen molar-refractivity contribution in [3.05, 3.63) is 46.3 Å². The zero-order valence-electron chi connectivity index (χ0n) is 10.5. The molecule has 0 unspecified atom stereocenters. The molecule has 96 valence electrons. The van der Waals surface area contributed by atoms with Crippen molar-refractivity contribution in [1.29, 1.82) is 0 Å². The molecule has 0 saturated carbocycles. The van der Waals surface area contributed by atoms with Crippen LogP contribution in [0, 0.1) is 20.8 Å². The van der Waals surface area contributed by atoms with Gasteiger partial charge in [-0.1, -0.05) is 18.2 Å². The Hall–Kier alpha value is -1.33. The summed E-state index contributed by atoms with van der Waals surface area (Å²) in [5, 5.41) is 0.703. The fraction of sp³-hybridized carbons (Fsp3) is 0.231. The molecule has 0 saturated heterocycles. The molecule has 0 aliphatic rings. The van der Waals surface area contributed by atoms with Crippen LogP contribution in [-0.4, -0.2) is 8.42 Å². The van der Waals surface area contributed by atoms with Crippen LogP contribution in [0.5, 0.6) is 0 Å². The van der Waals surface area contributed by atoms with Gasteiger partial charge in [-0.3, -0.25) is 4.72 Å².